The average Bonchev–Trinajstić information content (AvgIpc) is 3.16. The van der Waals surface area contributed by atoms with Crippen molar-refractivity contribution in [3.63, 3.8) is 0 Å². The quantitative estimate of drug-likeness (QED) is 0.805. The van der Waals surface area contributed by atoms with Crippen molar-refractivity contribution in [2.45, 2.75) is 25.8 Å². The second-order valence-electron chi connectivity index (χ2n) is 7.19. The number of piperidine rings is 1. The molecule has 1 N–H and O–H groups in total. The molecule has 2 amide bonds. The number of carbonyl (C=O) groups is 1. The average molecular weight is 402 g/mol. The zero-order valence-electron chi connectivity index (χ0n) is 15.9. The van der Waals surface area contributed by atoms with Crippen LogP contribution in [0, 0.1) is 0 Å². The van der Waals surface area contributed by atoms with Gasteiger partial charge in [0, 0.05) is 32.4 Å². The van der Waals surface area contributed by atoms with Crippen LogP contribution in [0.2, 0.25) is 5.02 Å². The van der Waals surface area contributed by atoms with Crippen LogP contribution < -0.4 is 19.7 Å². The molecular formula is C21H24ClN3O3. The van der Waals surface area contributed by atoms with E-state index in [1.165, 1.54) is 19.3 Å². The Morgan fingerprint density at radius 1 is 1.11 bits per heavy atom. The molecular weight excluding hydrogens is 378 g/mol. The number of rotatable bonds is 4. The van der Waals surface area contributed by atoms with E-state index in [2.05, 4.69) is 10.2 Å². The number of hydrogen-bond donors (Lipinski definition) is 1. The summed E-state index contributed by atoms with van der Waals surface area (Å²) in [7, 11) is 1.75. The van der Waals surface area contributed by atoms with E-state index < -0.39 is 0 Å². The van der Waals surface area contributed by atoms with Crippen molar-refractivity contribution >= 4 is 29.0 Å². The molecule has 0 radical (unpaired) electrons. The van der Waals surface area contributed by atoms with Crippen LogP contribution in [-0.4, -0.2) is 37.9 Å². The highest BCUT2D eigenvalue weighted by molar-refractivity contribution is 6.33. The zero-order chi connectivity index (χ0) is 19.5. The molecule has 2 aromatic carbocycles. The molecule has 7 heteroatoms. The first-order valence-corrected chi connectivity index (χ1v) is 9.93. The van der Waals surface area contributed by atoms with Gasteiger partial charge in [-0.15, -0.1) is 0 Å². The van der Waals surface area contributed by atoms with Crippen LogP contribution in [0.1, 0.15) is 24.8 Å². The summed E-state index contributed by atoms with van der Waals surface area (Å²) in [6.45, 7) is 2.76. The molecule has 0 atom stereocenters. The van der Waals surface area contributed by atoms with Crippen LogP contribution in [-0.2, 0) is 6.54 Å². The monoisotopic (exact) mass is 401 g/mol. The van der Waals surface area contributed by atoms with Crippen LogP contribution in [0.5, 0.6) is 11.5 Å². The number of urea groups is 1. The van der Waals surface area contributed by atoms with Gasteiger partial charge in [-0.25, -0.2) is 4.79 Å². The molecule has 0 bridgehead atoms. The maximum absolute atomic E-state index is 12.6. The van der Waals surface area contributed by atoms with E-state index in [4.69, 9.17) is 21.1 Å². The number of nitrogens with one attached hydrogen (secondary N) is 1. The molecule has 2 aliphatic rings. The first-order chi connectivity index (χ1) is 13.6. The van der Waals surface area contributed by atoms with Gasteiger partial charge in [-0.05, 0) is 55.2 Å². The highest BCUT2D eigenvalue weighted by atomic mass is 35.5. The number of amides is 2. The molecule has 28 heavy (non-hydrogen) atoms. The summed E-state index contributed by atoms with van der Waals surface area (Å²) in [5, 5.41) is 3.58. The molecule has 1 saturated heterocycles. The Morgan fingerprint density at radius 2 is 1.89 bits per heavy atom. The van der Waals surface area contributed by atoms with Gasteiger partial charge in [-0.1, -0.05) is 17.7 Å². The summed E-state index contributed by atoms with van der Waals surface area (Å²) >= 11 is 6.48. The molecule has 6 nitrogen and oxygen atoms in total. The van der Waals surface area contributed by atoms with Gasteiger partial charge < -0.3 is 24.6 Å². The van der Waals surface area contributed by atoms with Crippen LogP contribution in [0.25, 0.3) is 0 Å². The lowest BCUT2D eigenvalue weighted by Gasteiger charge is -2.29. The van der Waals surface area contributed by atoms with Gasteiger partial charge in [-0.3, -0.25) is 0 Å². The van der Waals surface area contributed by atoms with Crippen molar-refractivity contribution in [1.29, 1.82) is 0 Å². The van der Waals surface area contributed by atoms with Gasteiger partial charge in [0.25, 0.3) is 0 Å². The third-order valence-corrected chi connectivity index (χ3v) is 5.40. The molecule has 2 aromatic rings. The molecule has 0 unspecified atom stereocenters. The molecule has 0 aromatic heterocycles. The van der Waals surface area contributed by atoms with Gasteiger partial charge in [0.15, 0.2) is 11.5 Å². The number of ether oxygens (including phenoxy) is 2. The molecule has 0 aliphatic carbocycles. The van der Waals surface area contributed by atoms with Crippen molar-refractivity contribution in [2.75, 3.05) is 37.1 Å². The minimum atomic E-state index is -0.195. The number of benzene rings is 2. The lowest BCUT2D eigenvalue weighted by atomic mass is 10.1. The molecule has 1 fully saturated rings. The van der Waals surface area contributed by atoms with Gasteiger partial charge in [0.05, 0.1) is 10.7 Å². The van der Waals surface area contributed by atoms with E-state index in [0.717, 1.165) is 30.1 Å². The van der Waals surface area contributed by atoms with Crippen LogP contribution in [0.15, 0.2) is 36.4 Å². The van der Waals surface area contributed by atoms with E-state index in [0.29, 0.717) is 23.0 Å². The Morgan fingerprint density at radius 3 is 2.68 bits per heavy atom. The maximum atomic E-state index is 12.6. The van der Waals surface area contributed by atoms with Gasteiger partial charge >= 0.3 is 6.03 Å². The highest BCUT2D eigenvalue weighted by Gasteiger charge is 2.17. The molecule has 0 saturated carbocycles. The van der Waals surface area contributed by atoms with E-state index in [-0.39, 0.29) is 12.8 Å². The second-order valence-corrected chi connectivity index (χ2v) is 7.59. The fourth-order valence-electron chi connectivity index (χ4n) is 3.58. The molecule has 2 aliphatic heterocycles. The summed E-state index contributed by atoms with van der Waals surface area (Å²) in [5.41, 5.74) is 2.70. The number of nitrogens with zero attached hydrogens (tertiary/aromatic N) is 2. The normalized spacial score (nSPS) is 15.4. The summed E-state index contributed by atoms with van der Waals surface area (Å²) in [5.74, 6) is 1.45. The summed E-state index contributed by atoms with van der Waals surface area (Å²) in [6.07, 6.45) is 3.66. The van der Waals surface area contributed by atoms with Crippen LogP contribution in [0.3, 0.4) is 0 Å². The Kier molecular flexibility index (Phi) is 5.48. The van der Waals surface area contributed by atoms with Crippen molar-refractivity contribution in [2.24, 2.45) is 0 Å². The molecule has 148 valence electrons. The first kappa shape index (κ1) is 18.7. The molecule has 4 rings (SSSR count). The Balaban J connectivity index is 1.38. The lowest BCUT2D eigenvalue weighted by Crippen LogP contribution is -2.31. The molecule has 0 spiro atoms. The predicted octanol–water partition coefficient (Wildman–Crippen LogP) is 4.72. The van der Waals surface area contributed by atoms with Crippen molar-refractivity contribution in [1.82, 2.24) is 4.90 Å². The SMILES string of the molecule is CN(Cc1ccc2c(c1)OCO2)C(=O)Nc1ccc(N2CCCCC2)c(Cl)c1. The molecule has 2 heterocycles. The first-order valence-electron chi connectivity index (χ1n) is 9.55. The summed E-state index contributed by atoms with van der Waals surface area (Å²) in [6, 6.07) is 11.2. The number of carbonyl (C=O) groups excluding carboxylic acids is 1. The van der Waals surface area contributed by atoms with Gasteiger partial charge in [-0.2, -0.15) is 0 Å². The van der Waals surface area contributed by atoms with E-state index in [1.807, 2.05) is 36.4 Å². The zero-order valence-corrected chi connectivity index (χ0v) is 16.7. The minimum absolute atomic E-state index is 0.195. The topological polar surface area (TPSA) is 54.0 Å². The third-order valence-electron chi connectivity index (χ3n) is 5.10. The van der Waals surface area contributed by atoms with Crippen molar-refractivity contribution in [3.8, 4) is 11.5 Å². The maximum Gasteiger partial charge on any atom is 0.321 e. The van der Waals surface area contributed by atoms with E-state index in [9.17, 15) is 4.79 Å². The summed E-state index contributed by atoms with van der Waals surface area (Å²) in [4.78, 5) is 16.5. The Labute approximate surface area is 170 Å². The lowest BCUT2D eigenvalue weighted by molar-refractivity contribution is 0.174. The van der Waals surface area contributed by atoms with E-state index in [1.54, 1.807) is 11.9 Å². The van der Waals surface area contributed by atoms with Crippen LogP contribution >= 0.6 is 11.6 Å². The Hall–Kier alpha value is -2.60. The van der Waals surface area contributed by atoms with Gasteiger partial charge in [0.1, 0.15) is 0 Å². The van der Waals surface area contributed by atoms with Crippen LogP contribution in [0.4, 0.5) is 16.2 Å². The number of halogens is 1. The number of anilines is 2. The Bertz CT molecular complexity index is 868. The number of fused-ring (bicyclic) bond motifs is 1. The largest absolute Gasteiger partial charge is 0.454 e. The smallest absolute Gasteiger partial charge is 0.321 e. The van der Waals surface area contributed by atoms with Crippen molar-refractivity contribution < 1.29 is 14.3 Å². The minimum Gasteiger partial charge on any atom is -0.454 e. The fraction of sp³-hybridized carbons (Fsp3) is 0.381. The van der Waals surface area contributed by atoms with Gasteiger partial charge in [0.2, 0.25) is 6.79 Å². The van der Waals surface area contributed by atoms with E-state index >= 15 is 0 Å². The standard InChI is InChI=1S/C21H24ClN3O3/c1-24(13-15-5-8-19-20(11-15)28-14-27-19)21(26)23-16-6-7-18(17(22)12-16)25-9-3-2-4-10-25/h5-8,11-12H,2-4,9-10,13-14H2,1H3,(H,23,26). The fourth-order valence-corrected chi connectivity index (χ4v) is 3.88. The van der Waals surface area contributed by atoms with Crippen molar-refractivity contribution in [3.05, 3.63) is 47.0 Å². The second kappa shape index (κ2) is 8.19. The highest BCUT2D eigenvalue weighted by Crippen LogP contribution is 2.33. The predicted molar refractivity (Wildman–Crippen MR) is 111 cm³/mol. The third kappa shape index (κ3) is 4.12. The number of hydrogen-bond acceptors (Lipinski definition) is 4. The summed E-state index contributed by atoms with van der Waals surface area (Å²) < 4.78 is 10.7.